The molecule has 3 N–H and O–H groups in total. The average Bonchev–Trinajstić information content (AvgIpc) is 2.57. The fraction of sp³-hybridized carbons (Fsp3) is 0.316. The second-order valence-electron chi connectivity index (χ2n) is 6.17. The molecule has 1 aliphatic carbocycles. The van der Waals surface area contributed by atoms with Gasteiger partial charge in [0.1, 0.15) is 6.04 Å². The van der Waals surface area contributed by atoms with Crippen LogP contribution in [0.1, 0.15) is 36.9 Å². The van der Waals surface area contributed by atoms with Gasteiger partial charge >= 0.3 is 0 Å². The molecule has 23 heavy (non-hydrogen) atoms. The average molecular weight is 374 g/mol. The molecule has 3 rings (SSSR count). The number of amides is 1. The molecule has 1 amide bonds. The monoisotopic (exact) mass is 373 g/mol. The number of nitrogens with two attached hydrogens (primary N) is 1. The highest BCUT2D eigenvalue weighted by molar-refractivity contribution is 9.10. The van der Waals surface area contributed by atoms with Gasteiger partial charge < -0.3 is 10.6 Å². The largest absolute Gasteiger partial charge is 0.330 e. The Kier molecular flexibility index (Phi) is 5.13. The van der Waals surface area contributed by atoms with Gasteiger partial charge in [0.25, 0.3) is 5.91 Å². The van der Waals surface area contributed by atoms with Crippen LogP contribution in [0.5, 0.6) is 0 Å². The summed E-state index contributed by atoms with van der Waals surface area (Å²) in [5.74, 6) is 0.0513. The van der Waals surface area contributed by atoms with Gasteiger partial charge in [-0.2, -0.15) is 0 Å². The van der Waals surface area contributed by atoms with Crippen LogP contribution in [0, 0.1) is 0 Å². The highest BCUT2D eigenvalue weighted by Gasteiger charge is 2.27. The summed E-state index contributed by atoms with van der Waals surface area (Å²) in [6.45, 7) is 1.98. The van der Waals surface area contributed by atoms with Crippen molar-refractivity contribution in [1.29, 1.82) is 0 Å². The van der Waals surface area contributed by atoms with E-state index in [1.54, 1.807) is 0 Å². The van der Waals surface area contributed by atoms with Crippen molar-refractivity contribution in [2.24, 2.45) is 0 Å². The predicted octanol–water partition coefficient (Wildman–Crippen LogP) is 3.42. The minimum atomic E-state index is -0.116. The maximum atomic E-state index is 12.4. The second kappa shape index (κ2) is 7.28. The van der Waals surface area contributed by atoms with Crippen molar-refractivity contribution in [2.45, 2.75) is 38.3 Å². The van der Waals surface area contributed by atoms with E-state index < -0.39 is 0 Å². The number of rotatable bonds is 4. The maximum Gasteiger partial charge on any atom is 0.282 e. The van der Waals surface area contributed by atoms with Gasteiger partial charge in [0.15, 0.2) is 6.04 Å². The van der Waals surface area contributed by atoms with Gasteiger partial charge in [-0.3, -0.25) is 4.79 Å². The van der Waals surface area contributed by atoms with Crippen LogP contribution in [0.2, 0.25) is 0 Å². The third-order valence-corrected chi connectivity index (χ3v) is 4.99. The lowest BCUT2D eigenvalue weighted by atomic mass is 9.87. The molecule has 0 saturated carbocycles. The lowest BCUT2D eigenvalue weighted by Gasteiger charge is -2.26. The third-order valence-electron chi connectivity index (χ3n) is 4.46. The van der Waals surface area contributed by atoms with Crippen LogP contribution >= 0.6 is 15.9 Å². The van der Waals surface area contributed by atoms with Crippen molar-refractivity contribution >= 4 is 27.5 Å². The van der Waals surface area contributed by atoms with Crippen molar-refractivity contribution in [3.63, 3.8) is 0 Å². The summed E-state index contributed by atoms with van der Waals surface area (Å²) in [5.41, 5.74) is 3.66. The molecule has 0 saturated heterocycles. The molecule has 2 aromatic rings. The molecule has 0 fully saturated rings. The van der Waals surface area contributed by atoms with Crippen LogP contribution in [-0.4, -0.2) is 11.9 Å². The molecule has 2 aromatic carbocycles. The standard InChI is InChI=1S/C19H21BrN2O/c1-13(19(23)22-16-11-9-15(20)10-12-16)21-18-8-4-6-14-5-2-3-7-17(14)18/h2-3,5,7,9-13,18,21H,4,6,8H2,1H3,(H,22,23)/p+1/t13-,18-/m0/s1. The lowest BCUT2D eigenvalue weighted by Crippen LogP contribution is -2.92. The zero-order valence-corrected chi connectivity index (χ0v) is 14.8. The molecule has 0 bridgehead atoms. The van der Waals surface area contributed by atoms with Gasteiger partial charge in [0, 0.05) is 22.1 Å². The molecule has 120 valence electrons. The number of carbonyl (C=O) groups excluding carboxylic acids is 1. The molecule has 3 nitrogen and oxygen atoms in total. The quantitative estimate of drug-likeness (QED) is 0.847. The number of benzene rings is 2. The van der Waals surface area contributed by atoms with E-state index in [-0.39, 0.29) is 11.9 Å². The predicted molar refractivity (Wildman–Crippen MR) is 96.3 cm³/mol. The molecule has 4 heteroatoms. The molecule has 0 unspecified atom stereocenters. The van der Waals surface area contributed by atoms with Crippen molar-refractivity contribution in [2.75, 3.05) is 5.32 Å². The number of hydrogen-bond donors (Lipinski definition) is 2. The fourth-order valence-corrected chi connectivity index (χ4v) is 3.48. The molecule has 0 spiro atoms. The Morgan fingerprint density at radius 1 is 1.22 bits per heavy atom. The van der Waals surface area contributed by atoms with Gasteiger partial charge in [0.2, 0.25) is 0 Å². The van der Waals surface area contributed by atoms with Crippen LogP contribution in [0.15, 0.2) is 53.0 Å². The van der Waals surface area contributed by atoms with E-state index in [4.69, 9.17) is 0 Å². The first-order chi connectivity index (χ1) is 11.1. The molecule has 0 radical (unpaired) electrons. The summed E-state index contributed by atoms with van der Waals surface area (Å²) >= 11 is 3.40. The minimum absolute atomic E-state index is 0.0513. The molecule has 0 heterocycles. The summed E-state index contributed by atoms with van der Waals surface area (Å²) < 4.78 is 1.01. The van der Waals surface area contributed by atoms with Gasteiger partial charge in [-0.1, -0.05) is 40.2 Å². The van der Waals surface area contributed by atoms with Gasteiger partial charge in [-0.15, -0.1) is 0 Å². The lowest BCUT2D eigenvalue weighted by molar-refractivity contribution is -0.714. The number of hydrogen-bond acceptors (Lipinski definition) is 1. The van der Waals surface area contributed by atoms with Crippen molar-refractivity contribution in [3.05, 3.63) is 64.1 Å². The number of fused-ring (bicyclic) bond motifs is 1. The Balaban J connectivity index is 1.64. The fourth-order valence-electron chi connectivity index (χ4n) is 3.22. The van der Waals surface area contributed by atoms with Crippen molar-refractivity contribution < 1.29 is 10.1 Å². The summed E-state index contributed by atoms with van der Waals surface area (Å²) in [5, 5.41) is 5.19. The molecular formula is C19H22BrN2O+. The van der Waals surface area contributed by atoms with Gasteiger partial charge in [-0.05, 0) is 49.6 Å². The van der Waals surface area contributed by atoms with Crippen LogP contribution in [0.25, 0.3) is 0 Å². The summed E-state index contributed by atoms with van der Waals surface area (Å²) in [7, 11) is 0. The number of carbonyl (C=O) groups is 1. The summed E-state index contributed by atoms with van der Waals surface area (Å²) in [4.78, 5) is 12.4. The highest BCUT2D eigenvalue weighted by atomic mass is 79.9. The van der Waals surface area contributed by atoms with E-state index in [0.717, 1.165) is 23.0 Å². The molecular weight excluding hydrogens is 352 g/mol. The molecule has 1 aliphatic rings. The number of anilines is 1. The van der Waals surface area contributed by atoms with Gasteiger partial charge in [-0.25, -0.2) is 0 Å². The van der Waals surface area contributed by atoms with E-state index >= 15 is 0 Å². The van der Waals surface area contributed by atoms with Gasteiger partial charge in [0.05, 0.1) is 0 Å². The van der Waals surface area contributed by atoms with E-state index in [0.29, 0.717) is 6.04 Å². The molecule has 0 aromatic heterocycles. The van der Waals surface area contributed by atoms with Crippen LogP contribution < -0.4 is 10.6 Å². The number of nitrogens with one attached hydrogen (secondary N) is 1. The second-order valence-corrected chi connectivity index (χ2v) is 7.09. The van der Waals surface area contributed by atoms with Crippen molar-refractivity contribution in [3.8, 4) is 0 Å². The Morgan fingerprint density at radius 2 is 1.96 bits per heavy atom. The Bertz CT molecular complexity index is 684. The number of aryl methyl sites for hydroxylation is 1. The Morgan fingerprint density at radius 3 is 2.74 bits per heavy atom. The third kappa shape index (κ3) is 4.01. The minimum Gasteiger partial charge on any atom is -0.330 e. The van der Waals surface area contributed by atoms with E-state index in [1.807, 2.05) is 31.2 Å². The van der Waals surface area contributed by atoms with E-state index in [9.17, 15) is 4.79 Å². The molecule has 0 aliphatic heterocycles. The first kappa shape index (κ1) is 16.2. The Labute approximate surface area is 145 Å². The van der Waals surface area contributed by atoms with Crippen LogP contribution in [-0.2, 0) is 11.2 Å². The first-order valence-electron chi connectivity index (χ1n) is 8.12. The Hall–Kier alpha value is -1.65. The molecule has 2 atom stereocenters. The summed E-state index contributed by atoms with van der Waals surface area (Å²) in [6, 6.07) is 16.6. The summed E-state index contributed by atoms with van der Waals surface area (Å²) in [6.07, 6.45) is 3.48. The number of halogens is 1. The van der Waals surface area contributed by atoms with Crippen molar-refractivity contribution in [1.82, 2.24) is 0 Å². The topological polar surface area (TPSA) is 45.7 Å². The SMILES string of the molecule is C[C@H]([NH2+][C@H]1CCCc2ccccc21)C(=O)Nc1ccc(Br)cc1. The van der Waals surface area contributed by atoms with E-state index in [1.165, 1.54) is 17.5 Å². The highest BCUT2D eigenvalue weighted by Crippen LogP contribution is 2.26. The first-order valence-corrected chi connectivity index (χ1v) is 8.92. The normalized spacial score (nSPS) is 18.1. The van der Waals surface area contributed by atoms with E-state index in [2.05, 4.69) is 50.8 Å². The number of quaternary nitrogens is 1. The van der Waals surface area contributed by atoms with Crippen LogP contribution in [0.4, 0.5) is 5.69 Å². The zero-order valence-electron chi connectivity index (χ0n) is 13.3. The smallest absolute Gasteiger partial charge is 0.282 e. The zero-order chi connectivity index (χ0) is 16.2. The maximum absolute atomic E-state index is 12.4. The van der Waals surface area contributed by atoms with Crippen LogP contribution in [0.3, 0.4) is 0 Å².